The number of hydrogen-bond donors (Lipinski definition) is 2. The van der Waals surface area contributed by atoms with Crippen molar-refractivity contribution in [3.63, 3.8) is 0 Å². The summed E-state index contributed by atoms with van der Waals surface area (Å²) < 4.78 is 0. The minimum Gasteiger partial charge on any atom is -0.392 e. The van der Waals surface area contributed by atoms with Crippen molar-refractivity contribution in [1.82, 2.24) is 0 Å². The molecule has 2 aliphatic rings. The van der Waals surface area contributed by atoms with Crippen molar-refractivity contribution in [2.45, 2.75) is 82.6 Å². The van der Waals surface area contributed by atoms with E-state index < -0.39 is 18.2 Å². The largest absolute Gasteiger partial charge is 0.392 e. The van der Waals surface area contributed by atoms with Crippen LogP contribution in [0.3, 0.4) is 0 Å². The van der Waals surface area contributed by atoms with E-state index in [4.69, 9.17) is 6.57 Å². The summed E-state index contributed by atoms with van der Waals surface area (Å²) in [6.07, 6.45) is 8.46. The van der Waals surface area contributed by atoms with E-state index in [9.17, 15) is 20.3 Å². The Morgan fingerprint density at radius 3 is 2.78 bits per heavy atom. The van der Waals surface area contributed by atoms with Gasteiger partial charge in [0.25, 0.3) is 0 Å². The van der Waals surface area contributed by atoms with Crippen molar-refractivity contribution in [2.75, 3.05) is 0 Å². The second kappa shape index (κ2) is 10.9. The average Bonchev–Trinajstić information content (AvgIpc) is 3.11. The molecule has 6 heteroatoms. The van der Waals surface area contributed by atoms with Crippen LogP contribution in [0.5, 0.6) is 0 Å². The lowest BCUT2D eigenvalue weighted by atomic mass is 9.77. The summed E-state index contributed by atoms with van der Waals surface area (Å²) in [6.45, 7) is 11.7. The van der Waals surface area contributed by atoms with Crippen LogP contribution in [-0.2, 0) is 0 Å². The summed E-state index contributed by atoms with van der Waals surface area (Å²) >= 11 is 0. The van der Waals surface area contributed by atoms with E-state index in [0.717, 1.165) is 29.5 Å². The maximum Gasteiger partial charge on any atom is 0.240 e. The molecule has 2 N–H and O–H groups in total. The van der Waals surface area contributed by atoms with Gasteiger partial charge in [0.2, 0.25) is 12.1 Å². The second-order valence-corrected chi connectivity index (χ2v) is 9.15. The normalized spacial score (nSPS) is 30.5. The van der Waals surface area contributed by atoms with Crippen molar-refractivity contribution in [1.29, 1.82) is 0 Å². The fourth-order valence-corrected chi connectivity index (χ4v) is 5.42. The molecule has 0 radical (unpaired) electrons. The molecule has 0 bridgehead atoms. The lowest BCUT2D eigenvalue weighted by Gasteiger charge is -2.27. The molecule has 0 heterocycles. The highest BCUT2D eigenvalue weighted by atomic mass is 16.6. The molecule has 0 aromatic heterocycles. The molecule has 0 amide bonds. The van der Waals surface area contributed by atoms with Crippen LogP contribution in [0.25, 0.3) is 4.85 Å². The molecule has 172 valence electrons. The van der Waals surface area contributed by atoms with E-state index in [1.807, 2.05) is 49.4 Å². The predicted octanol–water partition coefficient (Wildman–Crippen LogP) is 5.22. The van der Waals surface area contributed by atoms with Crippen molar-refractivity contribution in [3.05, 3.63) is 80.7 Å². The molecule has 3 rings (SSSR count). The minimum atomic E-state index is -0.781. The Morgan fingerprint density at radius 1 is 1.34 bits per heavy atom. The quantitative estimate of drug-likeness (QED) is 0.314. The zero-order valence-electron chi connectivity index (χ0n) is 18.9. The highest BCUT2D eigenvalue weighted by molar-refractivity contribution is 5.33. The molecule has 0 spiro atoms. The fraction of sp³-hybridized carbons (Fsp3) is 0.577. The number of unbranched alkanes of at least 4 members (excludes halogenated alkanes) is 1. The van der Waals surface area contributed by atoms with Crippen LogP contribution in [0, 0.1) is 28.5 Å². The van der Waals surface area contributed by atoms with Crippen molar-refractivity contribution < 1.29 is 15.1 Å². The van der Waals surface area contributed by atoms with Crippen LogP contribution in [0.15, 0.2) is 48.1 Å². The summed E-state index contributed by atoms with van der Waals surface area (Å²) in [4.78, 5) is 15.5. The first-order valence-electron chi connectivity index (χ1n) is 11.7. The van der Waals surface area contributed by atoms with Gasteiger partial charge >= 0.3 is 0 Å². The van der Waals surface area contributed by atoms with E-state index >= 15 is 0 Å². The van der Waals surface area contributed by atoms with Gasteiger partial charge in [0.1, 0.15) is 0 Å². The molecule has 1 fully saturated rings. The van der Waals surface area contributed by atoms with Crippen LogP contribution in [0.4, 0.5) is 0 Å². The van der Waals surface area contributed by atoms with Gasteiger partial charge in [0.05, 0.1) is 12.2 Å². The SMILES string of the molecule is [C-]#[N+][C@@H]1C[C@@H](O)C(c2cccc(C(O)CCCC)c2)C1CC1=CC=CC(CC)C1[N+](=O)[O-]. The molecule has 6 nitrogen and oxygen atoms in total. The molecular weight excluding hydrogens is 404 g/mol. The molecule has 1 aromatic carbocycles. The van der Waals surface area contributed by atoms with Crippen LogP contribution in [0.2, 0.25) is 0 Å². The number of nitrogens with zero attached hydrogens (tertiary/aromatic N) is 2. The summed E-state index contributed by atoms with van der Waals surface area (Å²) in [6, 6.07) is 6.51. The van der Waals surface area contributed by atoms with Gasteiger partial charge in [-0.25, -0.2) is 6.57 Å². The summed E-state index contributed by atoms with van der Waals surface area (Å²) in [5.74, 6) is -0.645. The van der Waals surface area contributed by atoms with Crippen LogP contribution in [0.1, 0.15) is 75.5 Å². The summed E-state index contributed by atoms with van der Waals surface area (Å²) in [5, 5.41) is 33.3. The molecule has 7 atom stereocenters. The Balaban J connectivity index is 1.91. The smallest absolute Gasteiger partial charge is 0.240 e. The second-order valence-electron chi connectivity index (χ2n) is 9.15. The van der Waals surface area contributed by atoms with Gasteiger partial charge in [-0.1, -0.05) is 69.2 Å². The van der Waals surface area contributed by atoms with Crippen molar-refractivity contribution in [2.24, 2.45) is 11.8 Å². The maximum absolute atomic E-state index is 11.9. The van der Waals surface area contributed by atoms with Crippen molar-refractivity contribution in [3.8, 4) is 0 Å². The fourth-order valence-electron chi connectivity index (χ4n) is 5.42. The molecule has 1 aromatic rings. The first-order valence-corrected chi connectivity index (χ1v) is 11.7. The highest BCUT2D eigenvalue weighted by Gasteiger charge is 2.49. The molecule has 32 heavy (non-hydrogen) atoms. The molecule has 0 saturated heterocycles. The van der Waals surface area contributed by atoms with E-state index in [1.165, 1.54) is 0 Å². The Kier molecular flexibility index (Phi) is 8.22. The van der Waals surface area contributed by atoms with Crippen LogP contribution in [-0.4, -0.2) is 33.3 Å². The molecule has 5 unspecified atom stereocenters. The first kappa shape index (κ1) is 24.2. The van der Waals surface area contributed by atoms with Crippen molar-refractivity contribution >= 4 is 0 Å². The zero-order chi connectivity index (χ0) is 23.3. The number of aliphatic hydroxyl groups excluding tert-OH is 2. The van der Waals surface area contributed by atoms with Crippen LogP contribution < -0.4 is 0 Å². The standard InChI is InChI=1S/C26H34N2O4/c1-4-6-13-23(29)18-10-8-11-19(14-18)25-21(22(27-3)16-24(25)30)15-20-12-7-9-17(5-2)26(20)28(31)32/h7-12,14,17,21-26,29-30H,4-6,13,15-16H2,1-2H3/t17?,21?,22-,23?,24-,25?,26?/m1/s1. The predicted molar refractivity (Wildman–Crippen MR) is 125 cm³/mol. The molecule has 1 saturated carbocycles. The number of nitro groups is 1. The third-order valence-corrected chi connectivity index (χ3v) is 7.15. The van der Waals surface area contributed by atoms with Gasteiger partial charge in [0.15, 0.2) is 0 Å². The number of benzene rings is 1. The minimum absolute atomic E-state index is 0.154. The monoisotopic (exact) mass is 438 g/mol. The van der Waals surface area contributed by atoms with Gasteiger partial charge in [-0.2, -0.15) is 0 Å². The third-order valence-electron chi connectivity index (χ3n) is 7.15. The lowest BCUT2D eigenvalue weighted by Crippen LogP contribution is -2.33. The molecule has 0 aliphatic heterocycles. The molecule has 2 aliphatic carbocycles. The van der Waals surface area contributed by atoms with Gasteiger partial charge in [-0.15, -0.1) is 0 Å². The van der Waals surface area contributed by atoms with Gasteiger partial charge in [-0.05, 0) is 30.4 Å². The molecular formula is C26H34N2O4. The van der Waals surface area contributed by atoms with E-state index in [2.05, 4.69) is 11.8 Å². The topological polar surface area (TPSA) is 88.0 Å². The summed E-state index contributed by atoms with van der Waals surface area (Å²) in [5.41, 5.74) is 2.46. The highest BCUT2D eigenvalue weighted by Crippen LogP contribution is 2.46. The Bertz CT molecular complexity index is 903. The van der Waals surface area contributed by atoms with E-state index in [0.29, 0.717) is 25.7 Å². The van der Waals surface area contributed by atoms with Gasteiger partial charge in [-0.3, -0.25) is 10.1 Å². The zero-order valence-corrected chi connectivity index (χ0v) is 18.9. The van der Waals surface area contributed by atoms with E-state index in [-0.39, 0.29) is 28.7 Å². The van der Waals surface area contributed by atoms with Gasteiger partial charge < -0.3 is 15.1 Å². The number of rotatable bonds is 9. The Morgan fingerprint density at radius 2 is 2.12 bits per heavy atom. The first-order chi connectivity index (χ1) is 15.4. The Hall–Kier alpha value is -2.49. The number of aliphatic hydroxyl groups is 2. The Labute approximate surface area is 190 Å². The van der Waals surface area contributed by atoms with Gasteiger partial charge in [0, 0.05) is 34.7 Å². The van der Waals surface area contributed by atoms with Crippen LogP contribution >= 0.6 is 0 Å². The number of allylic oxidation sites excluding steroid dienone is 2. The maximum atomic E-state index is 11.9. The number of hydrogen-bond acceptors (Lipinski definition) is 4. The lowest BCUT2D eigenvalue weighted by molar-refractivity contribution is -0.520. The third kappa shape index (κ3) is 5.11. The summed E-state index contributed by atoms with van der Waals surface area (Å²) in [7, 11) is 0. The average molecular weight is 439 g/mol. The van der Waals surface area contributed by atoms with E-state index in [1.54, 1.807) is 0 Å².